The van der Waals surface area contributed by atoms with Crippen LogP contribution < -0.4 is 5.32 Å². The highest BCUT2D eigenvalue weighted by molar-refractivity contribution is 5.93. The van der Waals surface area contributed by atoms with E-state index in [0.29, 0.717) is 11.3 Å². The number of benzene rings is 1. The van der Waals surface area contributed by atoms with Crippen LogP contribution in [-0.4, -0.2) is 17.6 Å². The molecule has 1 atom stereocenters. The van der Waals surface area contributed by atoms with Gasteiger partial charge in [0, 0.05) is 5.69 Å². The summed E-state index contributed by atoms with van der Waals surface area (Å²) in [5.41, 5.74) is 0.858. The minimum absolute atomic E-state index is 0.199. The molecule has 0 heterocycles. The lowest BCUT2D eigenvalue weighted by Gasteiger charge is -2.24. The molecule has 0 aliphatic rings. The van der Waals surface area contributed by atoms with E-state index in [0.717, 1.165) is 0 Å². The van der Waals surface area contributed by atoms with Crippen LogP contribution in [0.25, 0.3) is 0 Å². The summed E-state index contributed by atoms with van der Waals surface area (Å²) in [5.74, 6) is -0.199. The number of hydrogen-bond donors (Lipinski definition) is 1. The van der Waals surface area contributed by atoms with Gasteiger partial charge in [-0.1, -0.05) is 0 Å². The molecule has 4 heteroatoms. The van der Waals surface area contributed by atoms with Crippen molar-refractivity contribution in [1.29, 1.82) is 5.26 Å². The van der Waals surface area contributed by atoms with E-state index in [9.17, 15) is 4.79 Å². The molecule has 96 valence electrons. The van der Waals surface area contributed by atoms with Gasteiger partial charge >= 0.3 is 0 Å². The predicted molar refractivity (Wildman–Crippen MR) is 70.1 cm³/mol. The molecular weight excluding hydrogens is 228 g/mol. The molecule has 1 N–H and O–H groups in total. The Kier molecular flexibility index (Phi) is 4.46. The lowest BCUT2D eigenvalue weighted by molar-refractivity contribution is -0.135. The SMILES string of the molecule is CC(OC(C)(C)C)C(=O)Nc1ccc(C#N)cc1. The molecule has 0 aliphatic heterocycles. The fourth-order valence-corrected chi connectivity index (χ4v) is 1.46. The van der Waals surface area contributed by atoms with E-state index >= 15 is 0 Å². The third kappa shape index (κ3) is 4.56. The summed E-state index contributed by atoms with van der Waals surface area (Å²) in [4.78, 5) is 11.8. The third-order valence-corrected chi connectivity index (χ3v) is 2.18. The number of nitrogens with zero attached hydrogens (tertiary/aromatic N) is 1. The Labute approximate surface area is 108 Å². The second kappa shape index (κ2) is 5.65. The average Bonchev–Trinajstić information content (AvgIpc) is 2.27. The summed E-state index contributed by atoms with van der Waals surface area (Å²) in [5, 5.41) is 11.4. The number of carbonyl (C=O) groups excluding carboxylic acids is 1. The van der Waals surface area contributed by atoms with Gasteiger partial charge in [0.25, 0.3) is 5.91 Å². The molecule has 1 aromatic carbocycles. The average molecular weight is 246 g/mol. The van der Waals surface area contributed by atoms with Gasteiger partial charge in [-0.25, -0.2) is 0 Å². The first-order valence-corrected chi connectivity index (χ1v) is 5.80. The molecule has 4 nitrogen and oxygen atoms in total. The van der Waals surface area contributed by atoms with E-state index in [-0.39, 0.29) is 11.5 Å². The van der Waals surface area contributed by atoms with Crippen molar-refractivity contribution in [2.45, 2.75) is 39.4 Å². The molecule has 1 unspecified atom stereocenters. The lowest BCUT2D eigenvalue weighted by atomic mass is 10.2. The van der Waals surface area contributed by atoms with Crippen molar-refractivity contribution < 1.29 is 9.53 Å². The lowest BCUT2D eigenvalue weighted by Crippen LogP contribution is -2.34. The summed E-state index contributed by atoms with van der Waals surface area (Å²) in [6.45, 7) is 7.42. The third-order valence-electron chi connectivity index (χ3n) is 2.18. The molecule has 18 heavy (non-hydrogen) atoms. The molecule has 0 bridgehead atoms. The Balaban J connectivity index is 2.61. The summed E-state index contributed by atoms with van der Waals surface area (Å²) < 4.78 is 5.55. The first-order chi connectivity index (χ1) is 8.31. The number of nitriles is 1. The van der Waals surface area contributed by atoms with E-state index < -0.39 is 6.10 Å². The molecule has 0 aromatic heterocycles. The van der Waals surface area contributed by atoms with Gasteiger partial charge in [0.1, 0.15) is 6.10 Å². The predicted octanol–water partition coefficient (Wildman–Crippen LogP) is 2.70. The number of ether oxygens (including phenoxy) is 1. The van der Waals surface area contributed by atoms with Crippen LogP contribution in [0.15, 0.2) is 24.3 Å². The zero-order valence-corrected chi connectivity index (χ0v) is 11.2. The summed E-state index contributed by atoms with van der Waals surface area (Å²) in [7, 11) is 0. The van der Waals surface area contributed by atoms with Gasteiger partial charge in [0.05, 0.1) is 17.2 Å². The number of carbonyl (C=O) groups is 1. The largest absolute Gasteiger partial charge is 0.363 e. The maximum atomic E-state index is 11.8. The smallest absolute Gasteiger partial charge is 0.253 e. The van der Waals surface area contributed by atoms with Gasteiger partial charge in [-0.05, 0) is 52.0 Å². The Bertz CT molecular complexity index is 452. The van der Waals surface area contributed by atoms with Crippen molar-refractivity contribution in [1.82, 2.24) is 0 Å². The first kappa shape index (κ1) is 14.2. The molecule has 0 saturated carbocycles. The topological polar surface area (TPSA) is 62.1 Å². The van der Waals surface area contributed by atoms with E-state index in [1.54, 1.807) is 31.2 Å². The van der Waals surface area contributed by atoms with Crippen molar-refractivity contribution in [3.63, 3.8) is 0 Å². The normalized spacial score (nSPS) is 12.6. The molecule has 0 saturated heterocycles. The van der Waals surface area contributed by atoms with Gasteiger partial charge in [-0.2, -0.15) is 5.26 Å². The number of amides is 1. The van der Waals surface area contributed by atoms with Crippen LogP contribution in [-0.2, 0) is 9.53 Å². The molecular formula is C14H18N2O2. The van der Waals surface area contributed by atoms with E-state index in [2.05, 4.69) is 5.32 Å². The van der Waals surface area contributed by atoms with Crippen LogP contribution in [0.2, 0.25) is 0 Å². The number of nitrogens with one attached hydrogen (secondary N) is 1. The maximum Gasteiger partial charge on any atom is 0.253 e. The first-order valence-electron chi connectivity index (χ1n) is 5.80. The Morgan fingerprint density at radius 3 is 2.33 bits per heavy atom. The van der Waals surface area contributed by atoms with Gasteiger partial charge in [0.15, 0.2) is 0 Å². The fraction of sp³-hybridized carbons (Fsp3) is 0.429. The number of rotatable bonds is 3. The van der Waals surface area contributed by atoms with Gasteiger partial charge in [0.2, 0.25) is 0 Å². The molecule has 1 amide bonds. The molecule has 1 rings (SSSR count). The summed E-state index contributed by atoms with van der Waals surface area (Å²) in [6.07, 6.45) is -0.527. The second-order valence-electron chi connectivity index (χ2n) is 5.05. The fourth-order valence-electron chi connectivity index (χ4n) is 1.46. The van der Waals surface area contributed by atoms with E-state index in [1.807, 2.05) is 26.8 Å². The highest BCUT2D eigenvalue weighted by atomic mass is 16.5. The van der Waals surface area contributed by atoms with Crippen LogP contribution in [0.1, 0.15) is 33.3 Å². The number of anilines is 1. The van der Waals surface area contributed by atoms with E-state index in [4.69, 9.17) is 10.00 Å². The van der Waals surface area contributed by atoms with Gasteiger partial charge in [-0.15, -0.1) is 0 Å². The highest BCUT2D eigenvalue weighted by Crippen LogP contribution is 2.13. The Morgan fingerprint density at radius 2 is 1.89 bits per heavy atom. The minimum atomic E-state index is -0.527. The van der Waals surface area contributed by atoms with Crippen LogP contribution in [0.3, 0.4) is 0 Å². The highest BCUT2D eigenvalue weighted by Gasteiger charge is 2.20. The summed E-state index contributed by atoms with van der Waals surface area (Å²) >= 11 is 0. The second-order valence-corrected chi connectivity index (χ2v) is 5.05. The zero-order chi connectivity index (χ0) is 13.8. The molecule has 0 spiro atoms. The molecule has 1 aromatic rings. The van der Waals surface area contributed by atoms with Crippen molar-refractivity contribution in [2.24, 2.45) is 0 Å². The van der Waals surface area contributed by atoms with Gasteiger partial charge < -0.3 is 10.1 Å². The minimum Gasteiger partial charge on any atom is -0.363 e. The molecule has 0 aliphatic carbocycles. The Hall–Kier alpha value is -1.86. The standard InChI is InChI=1S/C14H18N2O2/c1-10(18-14(2,3)4)13(17)16-12-7-5-11(9-15)6-8-12/h5-8,10H,1-4H3,(H,16,17). The monoisotopic (exact) mass is 246 g/mol. The quantitative estimate of drug-likeness (QED) is 0.891. The van der Waals surface area contributed by atoms with Crippen molar-refractivity contribution >= 4 is 11.6 Å². The zero-order valence-electron chi connectivity index (χ0n) is 11.2. The van der Waals surface area contributed by atoms with Crippen LogP contribution in [0.5, 0.6) is 0 Å². The summed E-state index contributed by atoms with van der Waals surface area (Å²) in [6, 6.07) is 8.73. The van der Waals surface area contributed by atoms with Crippen molar-refractivity contribution in [2.75, 3.05) is 5.32 Å². The van der Waals surface area contributed by atoms with E-state index in [1.165, 1.54) is 0 Å². The van der Waals surface area contributed by atoms with Crippen molar-refractivity contribution in [3.05, 3.63) is 29.8 Å². The van der Waals surface area contributed by atoms with Crippen LogP contribution in [0, 0.1) is 11.3 Å². The Morgan fingerprint density at radius 1 is 1.33 bits per heavy atom. The molecule has 0 radical (unpaired) electrons. The van der Waals surface area contributed by atoms with Crippen molar-refractivity contribution in [3.8, 4) is 6.07 Å². The maximum absolute atomic E-state index is 11.8. The number of hydrogen-bond acceptors (Lipinski definition) is 3. The van der Waals surface area contributed by atoms with Gasteiger partial charge in [-0.3, -0.25) is 4.79 Å². The van der Waals surface area contributed by atoms with Crippen LogP contribution in [0.4, 0.5) is 5.69 Å². The van der Waals surface area contributed by atoms with Crippen LogP contribution >= 0.6 is 0 Å². The molecule has 0 fully saturated rings.